The Morgan fingerprint density at radius 3 is 2.30 bits per heavy atom. The van der Waals surface area contributed by atoms with Gasteiger partial charge in [0.15, 0.2) is 0 Å². The summed E-state index contributed by atoms with van der Waals surface area (Å²) in [5, 5.41) is 3.59. The predicted molar refractivity (Wildman–Crippen MR) is 110 cm³/mol. The summed E-state index contributed by atoms with van der Waals surface area (Å²) < 4.78 is 0. The Hall–Kier alpha value is -2.33. The SMILES string of the molecule is Cc1ccccc1C(=O)NC(CC(C)C)C(=O)N(C)Cc1ccc(Cl)cc1. The van der Waals surface area contributed by atoms with Crippen LogP contribution in [0.1, 0.15) is 41.8 Å². The standard InChI is InChI=1S/C22H27ClN2O2/c1-15(2)13-20(24-21(26)19-8-6-5-7-16(19)3)22(27)25(4)14-17-9-11-18(23)12-10-17/h5-12,15,20H,13-14H2,1-4H3,(H,24,26). The van der Waals surface area contributed by atoms with Crippen molar-refractivity contribution >= 4 is 23.4 Å². The Kier molecular flexibility index (Phi) is 7.43. The molecule has 0 aliphatic rings. The second-order valence-electron chi connectivity index (χ2n) is 7.29. The van der Waals surface area contributed by atoms with Gasteiger partial charge < -0.3 is 10.2 Å². The summed E-state index contributed by atoms with van der Waals surface area (Å²) in [5.41, 5.74) is 2.48. The first-order valence-corrected chi connectivity index (χ1v) is 9.51. The first kappa shape index (κ1) is 21.0. The predicted octanol–water partition coefficient (Wildman–Crippen LogP) is 4.45. The van der Waals surface area contributed by atoms with Crippen molar-refractivity contribution in [2.24, 2.45) is 5.92 Å². The highest BCUT2D eigenvalue weighted by molar-refractivity contribution is 6.30. The Morgan fingerprint density at radius 2 is 1.70 bits per heavy atom. The van der Waals surface area contributed by atoms with Crippen LogP contribution in [-0.2, 0) is 11.3 Å². The maximum atomic E-state index is 13.0. The fourth-order valence-electron chi connectivity index (χ4n) is 2.96. The molecule has 2 aromatic carbocycles. The van der Waals surface area contributed by atoms with E-state index in [4.69, 9.17) is 11.6 Å². The summed E-state index contributed by atoms with van der Waals surface area (Å²) in [5.74, 6) is -0.0346. The Bertz CT molecular complexity index is 787. The summed E-state index contributed by atoms with van der Waals surface area (Å²) in [6.45, 7) is 6.43. The summed E-state index contributed by atoms with van der Waals surface area (Å²) in [6, 6.07) is 14.2. The van der Waals surface area contributed by atoms with Crippen molar-refractivity contribution in [3.8, 4) is 0 Å². The van der Waals surface area contributed by atoms with Gasteiger partial charge in [0, 0.05) is 24.2 Å². The topological polar surface area (TPSA) is 49.4 Å². The van der Waals surface area contributed by atoms with Crippen LogP contribution in [0.2, 0.25) is 5.02 Å². The number of likely N-dealkylation sites (N-methyl/N-ethyl adjacent to an activating group) is 1. The van der Waals surface area contributed by atoms with Crippen LogP contribution in [-0.4, -0.2) is 29.8 Å². The summed E-state index contributed by atoms with van der Waals surface area (Å²) in [6.07, 6.45) is 0.585. The maximum absolute atomic E-state index is 13.0. The van der Waals surface area contributed by atoms with E-state index in [9.17, 15) is 9.59 Å². The van der Waals surface area contributed by atoms with E-state index < -0.39 is 6.04 Å². The van der Waals surface area contributed by atoms with Gasteiger partial charge >= 0.3 is 0 Å². The fraction of sp³-hybridized carbons (Fsp3) is 0.364. The second kappa shape index (κ2) is 9.56. The van der Waals surface area contributed by atoms with E-state index in [1.54, 1.807) is 30.1 Å². The fourth-order valence-corrected chi connectivity index (χ4v) is 3.09. The first-order chi connectivity index (χ1) is 12.8. The molecular formula is C22H27ClN2O2. The van der Waals surface area contributed by atoms with Gasteiger partial charge in [-0.3, -0.25) is 9.59 Å². The largest absolute Gasteiger partial charge is 0.340 e. The number of carbonyl (C=O) groups excluding carboxylic acids is 2. The van der Waals surface area contributed by atoms with E-state index in [0.29, 0.717) is 23.6 Å². The zero-order valence-corrected chi connectivity index (χ0v) is 17.1. The van der Waals surface area contributed by atoms with Crippen molar-refractivity contribution in [1.82, 2.24) is 10.2 Å². The van der Waals surface area contributed by atoms with Gasteiger partial charge in [0.1, 0.15) is 6.04 Å². The molecule has 2 amide bonds. The molecule has 0 aliphatic heterocycles. The van der Waals surface area contributed by atoms with Crippen molar-refractivity contribution < 1.29 is 9.59 Å². The van der Waals surface area contributed by atoms with Crippen molar-refractivity contribution in [2.75, 3.05) is 7.05 Å². The van der Waals surface area contributed by atoms with Gasteiger partial charge in [-0.25, -0.2) is 0 Å². The quantitative estimate of drug-likeness (QED) is 0.764. The number of aryl methyl sites for hydroxylation is 1. The smallest absolute Gasteiger partial charge is 0.252 e. The van der Waals surface area contributed by atoms with Gasteiger partial charge in [-0.2, -0.15) is 0 Å². The highest BCUT2D eigenvalue weighted by Crippen LogP contribution is 2.14. The summed E-state index contributed by atoms with van der Waals surface area (Å²) in [4.78, 5) is 27.3. The molecule has 1 N–H and O–H groups in total. The first-order valence-electron chi connectivity index (χ1n) is 9.14. The van der Waals surface area contributed by atoms with E-state index >= 15 is 0 Å². The number of rotatable bonds is 7. The number of hydrogen-bond donors (Lipinski definition) is 1. The summed E-state index contributed by atoms with van der Waals surface area (Å²) in [7, 11) is 1.75. The molecule has 2 aromatic rings. The molecule has 0 heterocycles. The molecule has 2 rings (SSSR count). The molecule has 0 spiro atoms. The highest BCUT2D eigenvalue weighted by atomic mass is 35.5. The van der Waals surface area contributed by atoms with Gasteiger partial charge in [-0.15, -0.1) is 0 Å². The minimum absolute atomic E-state index is 0.0967. The lowest BCUT2D eigenvalue weighted by molar-refractivity contribution is -0.132. The molecule has 0 saturated carbocycles. The van der Waals surface area contributed by atoms with Crippen molar-refractivity contribution in [3.63, 3.8) is 0 Å². The number of nitrogens with zero attached hydrogens (tertiary/aromatic N) is 1. The minimum Gasteiger partial charge on any atom is -0.340 e. The second-order valence-corrected chi connectivity index (χ2v) is 7.73. The van der Waals surface area contributed by atoms with E-state index in [1.807, 2.05) is 51.1 Å². The molecular weight excluding hydrogens is 360 g/mol. The van der Waals surface area contributed by atoms with Gasteiger partial charge in [0.05, 0.1) is 0 Å². The number of hydrogen-bond acceptors (Lipinski definition) is 2. The number of benzene rings is 2. The Labute approximate surface area is 166 Å². The van der Waals surface area contributed by atoms with Crippen LogP contribution in [0.25, 0.3) is 0 Å². The molecule has 0 aliphatic carbocycles. The molecule has 4 nitrogen and oxygen atoms in total. The Morgan fingerprint density at radius 1 is 1.07 bits per heavy atom. The average molecular weight is 387 g/mol. The van der Waals surface area contributed by atoms with Gasteiger partial charge in [-0.1, -0.05) is 55.8 Å². The lowest BCUT2D eigenvalue weighted by Crippen LogP contribution is -2.47. The molecule has 27 heavy (non-hydrogen) atoms. The molecule has 0 saturated heterocycles. The van der Waals surface area contributed by atoms with E-state index in [1.165, 1.54) is 0 Å². The van der Waals surface area contributed by atoms with Crippen LogP contribution in [0, 0.1) is 12.8 Å². The third kappa shape index (κ3) is 6.10. The molecule has 0 fully saturated rings. The van der Waals surface area contributed by atoms with Crippen molar-refractivity contribution in [1.29, 1.82) is 0 Å². The van der Waals surface area contributed by atoms with Crippen LogP contribution < -0.4 is 5.32 Å². The molecule has 5 heteroatoms. The molecule has 0 aromatic heterocycles. The van der Waals surface area contributed by atoms with Crippen LogP contribution in [0.5, 0.6) is 0 Å². The Balaban J connectivity index is 2.11. The molecule has 144 valence electrons. The van der Waals surface area contributed by atoms with Crippen molar-refractivity contribution in [2.45, 2.75) is 39.8 Å². The monoisotopic (exact) mass is 386 g/mol. The number of halogens is 1. The van der Waals surface area contributed by atoms with Crippen molar-refractivity contribution in [3.05, 3.63) is 70.2 Å². The van der Waals surface area contributed by atoms with Crippen LogP contribution in [0.3, 0.4) is 0 Å². The van der Waals surface area contributed by atoms with Gasteiger partial charge in [0.2, 0.25) is 5.91 Å². The lowest BCUT2D eigenvalue weighted by Gasteiger charge is -2.26. The molecule has 0 radical (unpaired) electrons. The normalized spacial score (nSPS) is 11.9. The number of amides is 2. The molecule has 1 atom stereocenters. The van der Waals surface area contributed by atoms with Gasteiger partial charge in [0.25, 0.3) is 5.91 Å². The zero-order chi connectivity index (χ0) is 20.0. The van der Waals surface area contributed by atoms with Crippen LogP contribution >= 0.6 is 11.6 Å². The van der Waals surface area contributed by atoms with E-state index in [2.05, 4.69) is 5.32 Å². The lowest BCUT2D eigenvalue weighted by atomic mass is 10.0. The van der Waals surface area contributed by atoms with E-state index in [0.717, 1.165) is 11.1 Å². The highest BCUT2D eigenvalue weighted by Gasteiger charge is 2.25. The van der Waals surface area contributed by atoms with Crippen LogP contribution in [0.15, 0.2) is 48.5 Å². The van der Waals surface area contributed by atoms with Gasteiger partial charge in [-0.05, 0) is 48.6 Å². The zero-order valence-electron chi connectivity index (χ0n) is 16.3. The summed E-state index contributed by atoms with van der Waals surface area (Å²) >= 11 is 5.92. The average Bonchev–Trinajstić information content (AvgIpc) is 2.62. The minimum atomic E-state index is -0.561. The number of nitrogens with one attached hydrogen (secondary N) is 1. The third-order valence-electron chi connectivity index (χ3n) is 4.41. The van der Waals surface area contributed by atoms with E-state index in [-0.39, 0.29) is 17.7 Å². The number of carbonyl (C=O) groups is 2. The third-order valence-corrected chi connectivity index (χ3v) is 4.66. The maximum Gasteiger partial charge on any atom is 0.252 e. The van der Waals surface area contributed by atoms with Crippen LogP contribution in [0.4, 0.5) is 0 Å². The molecule has 0 bridgehead atoms. The molecule has 1 unspecified atom stereocenters.